The maximum absolute atomic E-state index is 11.5. The van der Waals surface area contributed by atoms with Crippen molar-refractivity contribution in [1.29, 1.82) is 0 Å². The smallest absolute Gasteiger partial charge is 0.248 e. The number of anilines is 1. The highest BCUT2D eigenvalue weighted by Gasteiger charge is 2.09. The third-order valence-corrected chi connectivity index (χ3v) is 2.73. The summed E-state index contributed by atoms with van der Waals surface area (Å²) < 4.78 is 1.56. The number of aromatic nitrogens is 4. The second kappa shape index (κ2) is 6.65. The number of nitrogens with one attached hydrogen (secondary N) is 2. The molecule has 1 aromatic heterocycles. The van der Waals surface area contributed by atoms with Crippen LogP contribution in [0.25, 0.3) is 5.69 Å². The number of carbonyl (C=O) groups excluding carboxylic acids is 1. The summed E-state index contributed by atoms with van der Waals surface area (Å²) in [7, 11) is 0. The number of tetrazole rings is 1. The molecule has 0 unspecified atom stereocenters. The van der Waals surface area contributed by atoms with Crippen molar-refractivity contribution in [3.05, 3.63) is 29.8 Å². The second-order valence-corrected chi connectivity index (χ2v) is 4.45. The van der Waals surface area contributed by atoms with Crippen LogP contribution in [0.4, 0.5) is 5.95 Å². The van der Waals surface area contributed by atoms with Crippen LogP contribution in [0, 0.1) is 6.92 Å². The molecule has 0 aliphatic carbocycles. The van der Waals surface area contributed by atoms with Crippen molar-refractivity contribution in [3.8, 4) is 5.69 Å². The van der Waals surface area contributed by atoms with Crippen molar-refractivity contribution >= 4 is 11.9 Å². The molecule has 0 aliphatic rings. The van der Waals surface area contributed by atoms with Crippen molar-refractivity contribution in [1.82, 2.24) is 25.5 Å². The summed E-state index contributed by atoms with van der Waals surface area (Å²) in [6.07, 6.45) is 0.910. The number of aryl methyl sites for hydroxylation is 1. The number of hydrogen-bond acceptors (Lipinski definition) is 5. The maximum Gasteiger partial charge on any atom is 0.248 e. The minimum Gasteiger partial charge on any atom is -0.355 e. The molecule has 0 fully saturated rings. The zero-order valence-electron chi connectivity index (χ0n) is 11.6. The first-order valence-electron chi connectivity index (χ1n) is 6.56. The van der Waals surface area contributed by atoms with E-state index in [1.807, 2.05) is 38.1 Å². The molecule has 0 spiro atoms. The minimum atomic E-state index is -0.0784. The van der Waals surface area contributed by atoms with Crippen molar-refractivity contribution in [2.45, 2.75) is 20.3 Å². The first-order valence-corrected chi connectivity index (χ1v) is 6.56. The number of carbonyl (C=O) groups is 1. The highest BCUT2D eigenvalue weighted by atomic mass is 16.1. The van der Waals surface area contributed by atoms with Gasteiger partial charge in [0.25, 0.3) is 0 Å². The minimum absolute atomic E-state index is 0.0784. The summed E-state index contributed by atoms with van der Waals surface area (Å²) in [4.78, 5) is 11.5. The van der Waals surface area contributed by atoms with E-state index in [1.54, 1.807) is 4.68 Å². The molecule has 2 aromatic rings. The van der Waals surface area contributed by atoms with Crippen LogP contribution in [0.3, 0.4) is 0 Å². The summed E-state index contributed by atoms with van der Waals surface area (Å²) in [5.41, 5.74) is 2.01. The van der Waals surface area contributed by atoms with Gasteiger partial charge in [-0.2, -0.15) is 4.68 Å². The molecule has 0 saturated heterocycles. The maximum atomic E-state index is 11.5. The highest BCUT2D eigenvalue weighted by molar-refractivity contribution is 5.80. The number of rotatable bonds is 6. The first-order chi connectivity index (χ1) is 9.70. The summed E-state index contributed by atoms with van der Waals surface area (Å²) in [6, 6.07) is 7.81. The van der Waals surface area contributed by atoms with E-state index in [9.17, 15) is 4.79 Å². The van der Waals surface area contributed by atoms with Gasteiger partial charge >= 0.3 is 0 Å². The fourth-order valence-corrected chi connectivity index (χ4v) is 1.64. The number of amides is 1. The fraction of sp³-hybridized carbons (Fsp3) is 0.385. The largest absolute Gasteiger partial charge is 0.355 e. The fourth-order valence-electron chi connectivity index (χ4n) is 1.64. The van der Waals surface area contributed by atoms with Crippen LogP contribution < -0.4 is 10.6 Å². The number of nitrogens with zero attached hydrogens (tertiary/aromatic N) is 4. The molecule has 2 N–H and O–H groups in total. The van der Waals surface area contributed by atoms with E-state index in [1.165, 1.54) is 0 Å². The van der Waals surface area contributed by atoms with Crippen molar-refractivity contribution in [2.75, 3.05) is 18.4 Å². The van der Waals surface area contributed by atoms with Crippen LogP contribution in [0.2, 0.25) is 0 Å². The van der Waals surface area contributed by atoms with Crippen LogP contribution in [0.1, 0.15) is 18.9 Å². The lowest BCUT2D eigenvalue weighted by atomic mass is 10.2. The Kier molecular flexibility index (Phi) is 4.65. The topological polar surface area (TPSA) is 84.7 Å². The van der Waals surface area contributed by atoms with E-state index >= 15 is 0 Å². The number of benzene rings is 1. The molecule has 0 radical (unpaired) electrons. The Morgan fingerprint density at radius 1 is 1.30 bits per heavy atom. The predicted molar refractivity (Wildman–Crippen MR) is 75.7 cm³/mol. The monoisotopic (exact) mass is 274 g/mol. The number of hydrogen-bond donors (Lipinski definition) is 2. The quantitative estimate of drug-likeness (QED) is 0.818. The lowest BCUT2D eigenvalue weighted by Crippen LogP contribution is -2.30. The van der Waals surface area contributed by atoms with Crippen molar-refractivity contribution in [2.24, 2.45) is 0 Å². The molecule has 2 rings (SSSR count). The average Bonchev–Trinajstić information content (AvgIpc) is 2.92. The molecule has 0 atom stereocenters. The van der Waals surface area contributed by atoms with E-state index in [2.05, 4.69) is 26.2 Å². The van der Waals surface area contributed by atoms with Gasteiger partial charge in [-0.05, 0) is 35.9 Å². The Bertz CT molecular complexity index is 562. The second-order valence-electron chi connectivity index (χ2n) is 4.45. The van der Waals surface area contributed by atoms with Crippen molar-refractivity contribution < 1.29 is 4.79 Å². The Morgan fingerprint density at radius 2 is 2.05 bits per heavy atom. The summed E-state index contributed by atoms with van der Waals surface area (Å²) in [5, 5.41) is 17.1. The summed E-state index contributed by atoms with van der Waals surface area (Å²) in [5.74, 6) is 0.366. The molecule has 20 heavy (non-hydrogen) atoms. The van der Waals surface area contributed by atoms with Crippen molar-refractivity contribution in [3.63, 3.8) is 0 Å². The Morgan fingerprint density at radius 3 is 2.75 bits per heavy atom. The zero-order chi connectivity index (χ0) is 14.4. The molecule has 1 aromatic carbocycles. The summed E-state index contributed by atoms with van der Waals surface area (Å²) in [6.45, 7) is 4.84. The van der Waals surface area contributed by atoms with Gasteiger partial charge < -0.3 is 10.6 Å². The van der Waals surface area contributed by atoms with Crippen LogP contribution in [0.15, 0.2) is 24.3 Å². The molecule has 106 valence electrons. The highest BCUT2D eigenvalue weighted by Crippen LogP contribution is 2.11. The molecule has 1 amide bonds. The zero-order valence-corrected chi connectivity index (χ0v) is 11.6. The average molecular weight is 274 g/mol. The third kappa shape index (κ3) is 3.53. The Hall–Kier alpha value is -2.44. The normalized spacial score (nSPS) is 10.3. The van der Waals surface area contributed by atoms with Gasteiger partial charge in [-0.25, -0.2) is 0 Å². The molecular formula is C13H18N6O. The van der Waals surface area contributed by atoms with E-state index in [4.69, 9.17) is 0 Å². The van der Waals surface area contributed by atoms with Gasteiger partial charge in [0.2, 0.25) is 11.9 Å². The van der Waals surface area contributed by atoms with E-state index in [-0.39, 0.29) is 12.5 Å². The van der Waals surface area contributed by atoms with Gasteiger partial charge in [0.15, 0.2) is 0 Å². The van der Waals surface area contributed by atoms with Crippen LogP contribution in [0.5, 0.6) is 0 Å². The molecule has 7 heteroatoms. The van der Waals surface area contributed by atoms with Gasteiger partial charge in [-0.3, -0.25) is 4.79 Å². The SMILES string of the molecule is CCCNC(=O)CNc1nnnn1-c1ccc(C)cc1. The van der Waals surface area contributed by atoms with Crippen LogP contribution in [-0.4, -0.2) is 39.2 Å². The lowest BCUT2D eigenvalue weighted by Gasteiger charge is -2.07. The Balaban J connectivity index is 2.02. The van der Waals surface area contributed by atoms with Gasteiger partial charge in [0, 0.05) is 6.54 Å². The molecular weight excluding hydrogens is 256 g/mol. The molecule has 0 aliphatic heterocycles. The van der Waals surface area contributed by atoms with Gasteiger partial charge in [0.05, 0.1) is 12.2 Å². The van der Waals surface area contributed by atoms with E-state index in [0.29, 0.717) is 12.5 Å². The van der Waals surface area contributed by atoms with Gasteiger partial charge in [0.1, 0.15) is 0 Å². The standard InChI is InChI=1S/C13H18N6O/c1-3-8-14-12(20)9-15-13-16-17-18-19(13)11-6-4-10(2)5-7-11/h4-7H,3,8-9H2,1-2H3,(H,14,20)(H,15,16,18). The van der Waals surface area contributed by atoms with E-state index < -0.39 is 0 Å². The van der Waals surface area contributed by atoms with Gasteiger partial charge in [-0.15, -0.1) is 0 Å². The third-order valence-electron chi connectivity index (χ3n) is 2.73. The lowest BCUT2D eigenvalue weighted by molar-refractivity contribution is -0.119. The van der Waals surface area contributed by atoms with E-state index in [0.717, 1.165) is 17.7 Å². The Labute approximate surface area is 117 Å². The summed E-state index contributed by atoms with van der Waals surface area (Å²) >= 11 is 0. The molecule has 7 nitrogen and oxygen atoms in total. The van der Waals surface area contributed by atoms with Crippen LogP contribution >= 0.6 is 0 Å². The molecule has 1 heterocycles. The molecule has 0 bridgehead atoms. The predicted octanol–water partition coefficient (Wildman–Crippen LogP) is 0.909. The van der Waals surface area contributed by atoms with Gasteiger partial charge in [-0.1, -0.05) is 29.7 Å². The van der Waals surface area contributed by atoms with Crippen LogP contribution in [-0.2, 0) is 4.79 Å². The first kappa shape index (κ1) is 14.0. The molecule has 0 saturated carbocycles.